The van der Waals surface area contributed by atoms with E-state index in [9.17, 15) is 0 Å². The van der Waals surface area contributed by atoms with Crippen LogP contribution in [0.15, 0.2) is 59.8 Å². The van der Waals surface area contributed by atoms with Gasteiger partial charge in [-0.05, 0) is 62.0 Å². The van der Waals surface area contributed by atoms with Gasteiger partial charge in [-0.3, -0.25) is 4.90 Å². The Bertz CT molecular complexity index is 1050. The molecule has 0 spiro atoms. The number of benzene rings is 2. The molecule has 6 nitrogen and oxygen atoms in total. The van der Waals surface area contributed by atoms with E-state index in [1.165, 1.54) is 23.2 Å². The van der Waals surface area contributed by atoms with E-state index in [1.54, 1.807) is 11.8 Å². The van der Waals surface area contributed by atoms with E-state index in [0.717, 1.165) is 68.8 Å². The molecule has 0 aliphatic carbocycles. The Morgan fingerprint density at radius 2 is 1.66 bits per heavy atom. The average molecular weight is 492 g/mol. The van der Waals surface area contributed by atoms with Crippen molar-refractivity contribution in [3.05, 3.63) is 71.5 Å². The maximum absolute atomic E-state index is 5.85. The molecule has 0 radical (unpaired) electrons. The Balaban J connectivity index is 1.24. The predicted molar refractivity (Wildman–Crippen MR) is 143 cm³/mol. The number of hydrogen-bond donors (Lipinski definition) is 0. The molecule has 0 amide bonds. The molecule has 1 aromatic heterocycles. The zero-order valence-corrected chi connectivity index (χ0v) is 21.8. The number of rotatable bonds is 9. The van der Waals surface area contributed by atoms with Crippen molar-refractivity contribution in [2.45, 2.75) is 56.0 Å². The largest absolute Gasteiger partial charge is 0.378 e. The van der Waals surface area contributed by atoms with Gasteiger partial charge >= 0.3 is 0 Å². The maximum Gasteiger partial charge on any atom is 0.191 e. The molecule has 2 aliphatic heterocycles. The van der Waals surface area contributed by atoms with Crippen molar-refractivity contribution in [1.82, 2.24) is 19.7 Å². The summed E-state index contributed by atoms with van der Waals surface area (Å²) in [6.07, 6.45) is 4.92. The van der Waals surface area contributed by atoms with Gasteiger partial charge in [0.1, 0.15) is 5.82 Å². The molecule has 0 bridgehead atoms. The summed E-state index contributed by atoms with van der Waals surface area (Å²) >= 11 is 1.80. The molecular weight excluding hydrogens is 454 g/mol. The summed E-state index contributed by atoms with van der Waals surface area (Å²) in [5.41, 5.74) is 3.93. The lowest BCUT2D eigenvalue weighted by atomic mass is 9.95. The number of likely N-dealkylation sites (tertiary alicyclic amines) is 1. The van der Waals surface area contributed by atoms with Crippen molar-refractivity contribution in [1.29, 1.82) is 0 Å². The van der Waals surface area contributed by atoms with Crippen LogP contribution in [0.5, 0.6) is 0 Å². The Labute approximate surface area is 213 Å². The summed E-state index contributed by atoms with van der Waals surface area (Å²) in [4.78, 5) is 4.72. The summed E-state index contributed by atoms with van der Waals surface area (Å²) in [5, 5.41) is 10.4. The Morgan fingerprint density at radius 1 is 0.914 bits per heavy atom. The van der Waals surface area contributed by atoms with Gasteiger partial charge in [-0.25, -0.2) is 0 Å². The van der Waals surface area contributed by atoms with Crippen LogP contribution >= 0.6 is 11.8 Å². The summed E-state index contributed by atoms with van der Waals surface area (Å²) < 4.78 is 8.22. The van der Waals surface area contributed by atoms with E-state index < -0.39 is 0 Å². The third kappa shape index (κ3) is 6.26. The molecule has 186 valence electrons. The monoisotopic (exact) mass is 491 g/mol. The van der Waals surface area contributed by atoms with Crippen LogP contribution in [-0.4, -0.2) is 65.3 Å². The first-order valence-electron chi connectivity index (χ1n) is 12.9. The summed E-state index contributed by atoms with van der Waals surface area (Å²) in [5.74, 6) is 2.56. The van der Waals surface area contributed by atoms with Gasteiger partial charge in [-0.1, -0.05) is 54.2 Å². The molecule has 2 fully saturated rings. The topological polar surface area (TPSA) is 46.4 Å². The molecule has 0 N–H and O–H groups in total. The third-order valence-corrected chi connectivity index (χ3v) is 8.26. The lowest BCUT2D eigenvalue weighted by molar-refractivity contribution is 0.129. The Morgan fingerprint density at radius 3 is 2.34 bits per heavy atom. The van der Waals surface area contributed by atoms with E-state index in [-0.39, 0.29) is 0 Å². The van der Waals surface area contributed by atoms with Crippen LogP contribution in [0.25, 0.3) is 0 Å². The summed E-state index contributed by atoms with van der Waals surface area (Å²) in [7, 11) is 4.17. The first-order chi connectivity index (χ1) is 17.2. The van der Waals surface area contributed by atoms with Crippen molar-refractivity contribution in [2.24, 2.45) is 0 Å². The van der Waals surface area contributed by atoms with Crippen LogP contribution in [0.1, 0.15) is 48.6 Å². The summed E-state index contributed by atoms with van der Waals surface area (Å²) in [6, 6.07) is 19.6. The standard InChI is InChI=1S/C28H37N5OS/c1-31(2)25-12-10-23(11-13-25)19-32-16-14-24(15-17-32)27-29-30-28(35-21-26-9-6-18-34-26)33(27)20-22-7-4-3-5-8-22/h3-5,7-8,10-13,24,26H,6,9,14-21H2,1-2H3/t26-/m1/s1. The van der Waals surface area contributed by atoms with Gasteiger partial charge in [0.15, 0.2) is 5.16 Å². The fraction of sp³-hybridized carbons (Fsp3) is 0.500. The van der Waals surface area contributed by atoms with E-state index in [2.05, 4.69) is 88.2 Å². The van der Waals surface area contributed by atoms with Crippen molar-refractivity contribution in [3.8, 4) is 0 Å². The lowest BCUT2D eigenvalue weighted by Gasteiger charge is -2.31. The van der Waals surface area contributed by atoms with Crippen LogP contribution in [-0.2, 0) is 17.8 Å². The highest BCUT2D eigenvalue weighted by Crippen LogP contribution is 2.32. The van der Waals surface area contributed by atoms with E-state index in [4.69, 9.17) is 9.84 Å². The number of hydrogen-bond acceptors (Lipinski definition) is 6. The van der Waals surface area contributed by atoms with Gasteiger partial charge in [-0.15, -0.1) is 10.2 Å². The normalized spacial score (nSPS) is 19.3. The molecule has 2 saturated heterocycles. The molecule has 1 atom stereocenters. The van der Waals surface area contributed by atoms with Crippen LogP contribution in [0.4, 0.5) is 5.69 Å². The predicted octanol–water partition coefficient (Wildman–Crippen LogP) is 5.04. The molecule has 2 aromatic carbocycles. The fourth-order valence-electron chi connectivity index (χ4n) is 5.07. The SMILES string of the molecule is CN(C)c1ccc(CN2CCC(c3nnc(SC[C@H]4CCCO4)n3Cc3ccccc3)CC2)cc1. The molecule has 35 heavy (non-hydrogen) atoms. The average Bonchev–Trinajstić information content (AvgIpc) is 3.54. The molecule has 0 unspecified atom stereocenters. The minimum atomic E-state index is 0.348. The second kappa shape index (κ2) is 11.6. The van der Waals surface area contributed by atoms with Gasteiger partial charge in [-0.2, -0.15) is 0 Å². The second-order valence-corrected chi connectivity index (χ2v) is 11.0. The number of piperidine rings is 1. The highest BCUT2D eigenvalue weighted by Gasteiger charge is 2.27. The van der Waals surface area contributed by atoms with Gasteiger partial charge in [0.05, 0.1) is 12.6 Å². The molecular formula is C28H37N5OS. The minimum absolute atomic E-state index is 0.348. The second-order valence-electron chi connectivity index (χ2n) is 9.97. The van der Waals surface area contributed by atoms with Gasteiger partial charge in [0.2, 0.25) is 0 Å². The smallest absolute Gasteiger partial charge is 0.191 e. The molecule has 3 heterocycles. The first kappa shape index (κ1) is 24.3. The zero-order chi connectivity index (χ0) is 24.0. The van der Waals surface area contributed by atoms with Crippen LogP contribution < -0.4 is 4.90 Å². The Hall–Kier alpha value is -2.35. The molecule has 3 aromatic rings. The molecule has 0 saturated carbocycles. The zero-order valence-electron chi connectivity index (χ0n) is 21.0. The van der Waals surface area contributed by atoms with Crippen molar-refractivity contribution < 1.29 is 4.74 Å². The Kier molecular flexibility index (Phi) is 8.06. The van der Waals surface area contributed by atoms with Crippen LogP contribution in [0.2, 0.25) is 0 Å². The number of aromatic nitrogens is 3. The van der Waals surface area contributed by atoms with E-state index in [0.29, 0.717) is 12.0 Å². The van der Waals surface area contributed by atoms with Crippen molar-refractivity contribution in [2.75, 3.05) is 44.4 Å². The van der Waals surface area contributed by atoms with Gasteiger partial charge < -0.3 is 14.2 Å². The number of nitrogens with zero attached hydrogens (tertiary/aromatic N) is 5. The number of ether oxygens (including phenoxy) is 1. The first-order valence-corrected chi connectivity index (χ1v) is 13.8. The number of anilines is 1. The molecule has 5 rings (SSSR count). The minimum Gasteiger partial charge on any atom is -0.378 e. The fourth-order valence-corrected chi connectivity index (χ4v) is 6.08. The highest BCUT2D eigenvalue weighted by atomic mass is 32.2. The van der Waals surface area contributed by atoms with Gasteiger partial charge in [0, 0.05) is 44.6 Å². The maximum atomic E-state index is 5.85. The number of thioether (sulfide) groups is 1. The van der Waals surface area contributed by atoms with Crippen molar-refractivity contribution >= 4 is 17.4 Å². The van der Waals surface area contributed by atoms with E-state index in [1.807, 2.05) is 0 Å². The lowest BCUT2D eigenvalue weighted by Crippen LogP contribution is -2.33. The van der Waals surface area contributed by atoms with Crippen LogP contribution in [0, 0.1) is 0 Å². The summed E-state index contributed by atoms with van der Waals surface area (Å²) in [6.45, 7) is 4.92. The van der Waals surface area contributed by atoms with Crippen LogP contribution in [0.3, 0.4) is 0 Å². The van der Waals surface area contributed by atoms with Gasteiger partial charge in [0.25, 0.3) is 0 Å². The van der Waals surface area contributed by atoms with Crippen molar-refractivity contribution in [3.63, 3.8) is 0 Å². The quantitative estimate of drug-likeness (QED) is 0.391. The molecule has 7 heteroatoms. The highest BCUT2D eigenvalue weighted by molar-refractivity contribution is 7.99. The van der Waals surface area contributed by atoms with E-state index >= 15 is 0 Å². The third-order valence-electron chi connectivity index (χ3n) is 7.16. The molecule has 2 aliphatic rings.